The van der Waals surface area contributed by atoms with Gasteiger partial charge in [-0.25, -0.2) is 4.39 Å². The Balaban J connectivity index is 1.28. The summed E-state index contributed by atoms with van der Waals surface area (Å²) in [6.45, 7) is 4.21. The molecule has 5 rings (SSSR count). The van der Waals surface area contributed by atoms with Crippen molar-refractivity contribution in [2.45, 2.75) is 45.1 Å². The second-order valence-corrected chi connectivity index (χ2v) is 10.9. The molecule has 39 heavy (non-hydrogen) atoms. The topological polar surface area (TPSA) is 42.0 Å². The van der Waals surface area contributed by atoms with E-state index in [1.807, 2.05) is 53.4 Å². The van der Waals surface area contributed by atoms with Gasteiger partial charge in [-0.3, -0.25) is 9.69 Å². The third-order valence-corrected chi connectivity index (χ3v) is 8.23. The van der Waals surface area contributed by atoms with Crippen molar-refractivity contribution in [3.05, 3.63) is 95.8 Å². The van der Waals surface area contributed by atoms with Gasteiger partial charge in [0.1, 0.15) is 23.9 Å². The first-order chi connectivity index (χ1) is 19.1. The second kappa shape index (κ2) is 13.1. The van der Waals surface area contributed by atoms with E-state index in [0.29, 0.717) is 24.5 Å². The van der Waals surface area contributed by atoms with E-state index in [-0.39, 0.29) is 23.7 Å². The Hall–Kier alpha value is -3.38. The fourth-order valence-corrected chi connectivity index (χ4v) is 5.98. The smallest absolute Gasteiger partial charge is 0.260 e. The average molecular weight is 531 g/mol. The number of carbonyl (C=O) groups excluding carboxylic acids is 1. The molecule has 6 heteroatoms. The number of likely N-dealkylation sites (tertiary alicyclic amines) is 1. The molecule has 0 atom stereocenters. The molecular weight excluding hydrogens is 491 g/mol. The molecule has 0 saturated carbocycles. The number of carbonyl (C=O) groups is 1. The number of amides is 1. The van der Waals surface area contributed by atoms with E-state index in [4.69, 9.17) is 9.47 Å². The zero-order valence-corrected chi connectivity index (χ0v) is 22.7. The summed E-state index contributed by atoms with van der Waals surface area (Å²) in [6, 6.07) is 24.9. The van der Waals surface area contributed by atoms with Gasteiger partial charge in [0.05, 0.1) is 0 Å². The van der Waals surface area contributed by atoms with Crippen LogP contribution in [0.5, 0.6) is 11.5 Å². The van der Waals surface area contributed by atoms with Gasteiger partial charge >= 0.3 is 0 Å². The lowest BCUT2D eigenvalue weighted by Crippen LogP contribution is -2.49. The fraction of sp³-hybridized carbons (Fsp3) is 0.424. The standard InChI is InChI=1S/C33H39FN2O3/c34-30-15-6-4-12-28(30)24-35-22-23-38-31-16-7-5-10-27(31)11-8-9-17-33(26-35)18-20-36(21-19-33)32(37)25-39-29-13-2-1-3-14-29/h1-7,10,12-16H,8-9,11,17-26H2. The Morgan fingerprint density at radius 1 is 0.872 bits per heavy atom. The number of ether oxygens (including phenoxy) is 2. The van der Waals surface area contributed by atoms with Crippen molar-refractivity contribution in [2.24, 2.45) is 5.41 Å². The van der Waals surface area contributed by atoms with E-state index >= 15 is 0 Å². The van der Waals surface area contributed by atoms with Gasteiger partial charge in [-0.05, 0) is 67.3 Å². The third kappa shape index (κ3) is 7.39. The van der Waals surface area contributed by atoms with Crippen LogP contribution in [0.25, 0.3) is 0 Å². The molecule has 0 N–H and O–H groups in total. The number of para-hydroxylation sites is 2. The van der Waals surface area contributed by atoms with Gasteiger partial charge in [0.2, 0.25) is 0 Å². The number of hydrogen-bond donors (Lipinski definition) is 0. The first-order valence-electron chi connectivity index (χ1n) is 14.2. The Morgan fingerprint density at radius 3 is 2.44 bits per heavy atom. The molecule has 1 fully saturated rings. The van der Waals surface area contributed by atoms with Gasteiger partial charge in [-0.1, -0.05) is 61.0 Å². The molecule has 2 heterocycles. The number of nitrogens with zero attached hydrogens (tertiary/aromatic N) is 2. The van der Waals surface area contributed by atoms with E-state index in [2.05, 4.69) is 23.1 Å². The highest BCUT2D eigenvalue weighted by Crippen LogP contribution is 2.39. The fourth-order valence-electron chi connectivity index (χ4n) is 5.98. The lowest BCUT2D eigenvalue weighted by atomic mass is 9.73. The Labute approximate surface area is 231 Å². The molecule has 1 saturated heterocycles. The predicted molar refractivity (Wildman–Crippen MR) is 151 cm³/mol. The van der Waals surface area contributed by atoms with E-state index in [9.17, 15) is 9.18 Å². The number of aryl methyl sites for hydroxylation is 1. The molecule has 5 nitrogen and oxygen atoms in total. The SMILES string of the molecule is O=C(COc1ccccc1)N1CCC2(CCCCc3ccccc3OCCN(Cc3ccccc3F)C2)CC1. The molecule has 0 bridgehead atoms. The molecule has 0 aromatic heterocycles. The first-order valence-corrected chi connectivity index (χ1v) is 14.2. The van der Waals surface area contributed by atoms with Crippen LogP contribution in [0.15, 0.2) is 78.9 Å². The van der Waals surface area contributed by atoms with E-state index < -0.39 is 0 Å². The van der Waals surface area contributed by atoms with Crippen LogP contribution in [0.3, 0.4) is 0 Å². The van der Waals surface area contributed by atoms with Gasteiger partial charge < -0.3 is 14.4 Å². The highest BCUT2D eigenvalue weighted by atomic mass is 19.1. The van der Waals surface area contributed by atoms with E-state index in [1.165, 1.54) is 11.6 Å². The number of halogens is 1. The van der Waals surface area contributed by atoms with Gasteiger partial charge in [0, 0.05) is 38.3 Å². The van der Waals surface area contributed by atoms with Crippen LogP contribution in [-0.4, -0.2) is 55.1 Å². The number of hydrogen-bond acceptors (Lipinski definition) is 4. The van der Waals surface area contributed by atoms with Crippen LogP contribution >= 0.6 is 0 Å². The van der Waals surface area contributed by atoms with Gasteiger partial charge in [-0.15, -0.1) is 0 Å². The zero-order valence-electron chi connectivity index (χ0n) is 22.7. The molecule has 0 radical (unpaired) electrons. The van der Waals surface area contributed by atoms with Crippen molar-refractivity contribution < 1.29 is 18.7 Å². The minimum Gasteiger partial charge on any atom is -0.492 e. The first kappa shape index (κ1) is 27.2. The summed E-state index contributed by atoms with van der Waals surface area (Å²) < 4.78 is 26.6. The largest absolute Gasteiger partial charge is 0.492 e. The molecule has 206 valence electrons. The molecule has 1 amide bonds. The highest BCUT2D eigenvalue weighted by Gasteiger charge is 2.37. The van der Waals surface area contributed by atoms with Gasteiger partial charge in [0.25, 0.3) is 5.91 Å². The lowest BCUT2D eigenvalue weighted by Gasteiger charge is -2.45. The average Bonchev–Trinajstić information content (AvgIpc) is 2.96. The van der Waals surface area contributed by atoms with E-state index in [1.54, 1.807) is 6.07 Å². The van der Waals surface area contributed by atoms with Crippen molar-refractivity contribution in [1.29, 1.82) is 0 Å². The minimum atomic E-state index is -0.164. The number of piperidine rings is 1. The molecule has 3 aromatic rings. The van der Waals surface area contributed by atoms with Crippen LogP contribution < -0.4 is 9.47 Å². The number of fused-ring (bicyclic) bond motifs is 1. The maximum atomic E-state index is 14.6. The molecular formula is C33H39FN2O3. The predicted octanol–water partition coefficient (Wildman–Crippen LogP) is 6.12. The summed E-state index contributed by atoms with van der Waals surface area (Å²) >= 11 is 0. The molecule has 1 spiro atoms. The van der Waals surface area contributed by atoms with Crippen molar-refractivity contribution in [1.82, 2.24) is 9.80 Å². The summed E-state index contributed by atoms with van der Waals surface area (Å²) in [5.41, 5.74) is 2.05. The summed E-state index contributed by atoms with van der Waals surface area (Å²) in [7, 11) is 0. The monoisotopic (exact) mass is 530 g/mol. The Kier molecular flexibility index (Phi) is 9.15. The van der Waals surface area contributed by atoms with Gasteiger partial charge in [0.15, 0.2) is 6.61 Å². The summed E-state index contributed by atoms with van der Waals surface area (Å²) in [4.78, 5) is 17.3. The van der Waals surface area contributed by atoms with Crippen molar-refractivity contribution >= 4 is 5.91 Å². The van der Waals surface area contributed by atoms with Crippen LogP contribution in [0.4, 0.5) is 4.39 Å². The third-order valence-electron chi connectivity index (χ3n) is 8.23. The zero-order chi connectivity index (χ0) is 26.9. The summed E-state index contributed by atoms with van der Waals surface area (Å²) in [5, 5.41) is 0. The van der Waals surface area contributed by atoms with Crippen LogP contribution in [0.1, 0.15) is 43.2 Å². The summed E-state index contributed by atoms with van der Waals surface area (Å²) in [6.07, 6.45) is 6.21. The lowest BCUT2D eigenvalue weighted by molar-refractivity contribution is -0.136. The molecule has 2 aliphatic rings. The Bertz CT molecular complexity index is 1210. The molecule has 2 aliphatic heterocycles. The second-order valence-electron chi connectivity index (χ2n) is 10.9. The quantitative estimate of drug-likeness (QED) is 0.399. The normalized spacial score (nSPS) is 18.3. The van der Waals surface area contributed by atoms with E-state index in [0.717, 1.165) is 70.5 Å². The highest BCUT2D eigenvalue weighted by molar-refractivity contribution is 5.77. The Morgan fingerprint density at radius 2 is 1.62 bits per heavy atom. The van der Waals surface area contributed by atoms with Crippen molar-refractivity contribution in [2.75, 3.05) is 39.4 Å². The summed E-state index contributed by atoms with van der Waals surface area (Å²) in [5.74, 6) is 1.55. The van der Waals surface area contributed by atoms with Crippen molar-refractivity contribution in [3.63, 3.8) is 0 Å². The molecule has 0 unspecified atom stereocenters. The van der Waals surface area contributed by atoms with Crippen LogP contribution in [-0.2, 0) is 17.8 Å². The van der Waals surface area contributed by atoms with Crippen LogP contribution in [0.2, 0.25) is 0 Å². The van der Waals surface area contributed by atoms with Crippen LogP contribution in [0, 0.1) is 11.2 Å². The molecule has 3 aromatic carbocycles. The van der Waals surface area contributed by atoms with Crippen molar-refractivity contribution in [3.8, 4) is 11.5 Å². The number of benzene rings is 3. The maximum absolute atomic E-state index is 14.6. The number of rotatable bonds is 5. The maximum Gasteiger partial charge on any atom is 0.260 e. The minimum absolute atomic E-state index is 0.0371. The van der Waals surface area contributed by atoms with Gasteiger partial charge in [-0.2, -0.15) is 0 Å². The molecule has 0 aliphatic carbocycles.